The fourth-order valence-electron chi connectivity index (χ4n) is 2.89. The van der Waals surface area contributed by atoms with Gasteiger partial charge in [0.1, 0.15) is 0 Å². The molecule has 160 valence electrons. The van der Waals surface area contributed by atoms with Gasteiger partial charge < -0.3 is 15.5 Å². The Bertz CT molecular complexity index is 1070. The molecule has 0 radical (unpaired) electrons. The van der Waals surface area contributed by atoms with Crippen LogP contribution in [0.25, 0.3) is 0 Å². The highest BCUT2D eigenvalue weighted by Gasteiger charge is 2.30. The minimum atomic E-state index is -4.49. The van der Waals surface area contributed by atoms with Gasteiger partial charge in [-0.15, -0.1) is 0 Å². The number of anilines is 3. The smallest absolute Gasteiger partial charge is 0.376 e. The average Bonchev–Trinajstić information content (AvgIpc) is 2.77. The van der Waals surface area contributed by atoms with Crippen LogP contribution in [-0.4, -0.2) is 25.4 Å². The molecule has 3 rings (SSSR count). The molecular weight excluding hydrogens is 407 g/mol. The lowest BCUT2D eigenvalue weighted by molar-refractivity contribution is -0.137. The summed E-state index contributed by atoms with van der Waals surface area (Å²) in [5, 5.41) is 5.30. The summed E-state index contributed by atoms with van der Waals surface area (Å²) in [6.07, 6.45) is -4.49. The summed E-state index contributed by atoms with van der Waals surface area (Å²) in [7, 11) is 1.67. The van der Waals surface area contributed by atoms with Crippen molar-refractivity contribution < 1.29 is 22.8 Å². The Balaban J connectivity index is 1.61. The molecule has 0 aromatic heterocycles. The fourth-order valence-corrected chi connectivity index (χ4v) is 2.89. The van der Waals surface area contributed by atoms with Gasteiger partial charge in [-0.1, -0.05) is 30.3 Å². The fraction of sp³-hybridized carbons (Fsp3) is 0.130. The first-order valence-electron chi connectivity index (χ1n) is 9.38. The normalized spacial score (nSPS) is 11.0. The van der Waals surface area contributed by atoms with E-state index in [-0.39, 0.29) is 18.1 Å². The van der Waals surface area contributed by atoms with E-state index in [0.29, 0.717) is 11.3 Å². The first-order chi connectivity index (χ1) is 14.7. The molecule has 5 nitrogen and oxygen atoms in total. The molecule has 31 heavy (non-hydrogen) atoms. The summed E-state index contributed by atoms with van der Waals surface area (Å²) in [5.41, 5.74) is 0.912. The Morgan fingerprint density at radius 2 is 1.55 bits per heavy atom. The molecule has 3 aromatic carbocycles. The minimum Gasteiger partial charge on any atom is -0.376 e. The van der Waals surface area contributed by atoms with Crippen LogP contribution in [0.1, 0.15) is 15.9 Å². The van der Waals surface area contributed by atoms with Gasteiger partial charge in [-0.3, -0.25) is 9.59 Å². The predicted octanol–water partition coefficient (Wildman–Crippen LogP) is 5.03. The zero-order valence-corrected chi connectivity index (χ0v) is 16.6. The Morgan fingerprint density at radius 3 is 2.26 bits per heavy atom. The Morgan fingerprint density at radius 1 is 0.871 bits per heavy atom. The topological polar surface area (TPSA) is 61.4 Å². The van der Waals surface area contributed by atoms with Crippen molar-refractivity contribution in [1.82, 2.24) is 0 Å². The molecule has 3 aromatic rings. The number of carbonyl (C=O) groups excluding carboxylic acids is 2. The number of rotatable bonds is 6. The molecule has 2 amide bonds. The SMILES string of the molecule is CN(C(=O)c1cccc(NCC(=O)Nc2cccc(C(F)(F)F)c2)c1)c1ccccc1. The highest BCUT2D eigenvalue weighted by atomic mass is 19.4. The molecule has 0 atom stereocenters. The van der Waals surface area contributed by atoms with E-state index in [1.807, 2.05) is 30.3 Å². The van der Waals surface area contributed by atoms with Crippen molar-refractivity contribution in [1.29, 1.82) is 0 Å². The third kappa shape index (κ3) is 5.85. The molecule has 0 fully saturated rings. The van der Waals surface area contributed by atoms with E-state index in [1.165, 1.54) is 17.0 Å². The first-order valence-corrected chi connectivity index (χ1v) is 9.38. The molecule has 2 N–H and O–H groups in total. The van der Waals surface area contributed by atoms with Crippen LogP contribution in [0.15, 0.2) is 78.9 Å². The molecule has 8 heteroatoms. The molecule has 0 saturated carbocycles. The van der Waals surface area contributed by atoms with Gasteiger partial charge >= 0.3 is 6.18 Å². The van der Waals surface area contributed by atoms with Crippen molar-refractivity contribution in [2.45, 2.75) is 6.18 Å². The molecule has 0 spiro atoms. The maximum absolute atomic E-state index is 12.8. The zero-order valence-electron chi connectivity index (χ0n) is 16.6. The van der Waals surface area contributed by atoms with Crippen LogP contribution in [0.5, 0.6) is 0 Å². The molecule has 0 heterocycles. The van der Waals surface area contributed by atoms with Crippen molar-refractivity contribution in [3.8, 4) is 0 Å². The summed E-state index contributed by atoms with van der Waals surface area (Å²) in [5.74, 6) is -0.735. The van der Waals surface area contributed by atoms with Gasteiger partial charge in [-0.05, 0) is 48.5 Å². The van der Waals surface area contributed by atoms with E-state index in [2.05, 4.69) is 10.6 Å². The number of hydrogen-bond acceptors (Lipinski definition) is 3. The molecule has 0 aliphatic heterocycles. The van der Waals surface area contributed by atoms with E-state index in [9.17, 15) is 22.8 Å². The monoisotopic (exact) mass is 427 g/mol. The first kappa shape index (κ1) is 21.9. The van der Waals surface area contributed by atoms with Crippen LogP contribution in [0.3, 0.4) is 0 Å². The van der Waals surface area contributed by atoms with Gasteiger partial charge in [0.15, 0.2) is 0 Å². The van der Waals surface area contributed by atoms with Gasteiger partial charge in [0.25, 0.3) is 5.91 Å². The number of halogens is 3. The van der Waals surface area contributed by atoms with Crippen LogP contribution in [0, 0.1) is 0 Å². The number of amides is 2. The summed E-state index contributed by atoms with van der Waals surface area (Å²) in [6.45, 7) is -0.178. The average molecular weight is 427 g/mol. The second kappa shape index (κ2) is 9.34. The Kier molecular flexibility index (Phi) is 6.59. The van der Waals surface area contributed by atoms with E-state index in [4.69, 9.17) is 0 Å². The van der Waals surface area contributed by atoms with Crippen molar-refractivity contribution in [2.24, 2.45) is 0 Å². The summed E-state index contributed by atoms with van der Waals surface area (Å²) in [4.78, 5) is 26.4. The van der Waals surface area contributed by atoms with E-state index in [1.54, 1.807) is 31.3 Å². The molecular formula is C23H20F3N3O2. The molecule has 0 saturated heterocycles. The standard InChI is InChI=1S/C23H20F3N3O2/c1-29(20-11-3-2-4-12-20)22(31)16-7-5-9-18(13-16)27-15-21(30)28-19-10-6-8-17(14-19)23(24,25)26/h2-14,27H,15H2,1H3,(H,28,30). The predicted molar refractivity (Wildman–Crippen MR) is 114 cm³/mol. The largest absolute Gasteiger partial charge is 0.416 e. The van der Waals surface area contributed by atoms with Gasteiger partial charge in [-0.2, -0.15) is 13.2 Å². The number of nitrogens with one attached hydrogen (secondary N) is 2. The zero-order chi connectivity index (χ0) is 22.4. The van der Waals surface area contributed by atoms with Crippen molar-refractivity contribution in [3.05, 3.63) is 90.0 Å². The summed E-state index contributed by atoms with van der Waals surface area (Å²) < 4.78 is 38.4. The van der Waals surface area contributed by atoms with Gasteiger partial charge in [0.05, 0.1) is 12.1 Å². The number of carbonyl (C=O) groups is 2. The second-order valence-corrected chi connectivity index (χ2v) is 6.76. The Labute approximate surface area is 177 Å². The highest BCUT2D eigenvalue weighted by molar-refractivity contribution is 6.06. The van der Waals surface area contributed by atoms with Crippen molar-refractivity contribution in [3.63, 3.8) is 0 Å². The van der Waals surface area contributed by atoms with Gasteiger partial charge in [0.2, 0.25) is 5.91 Å². The van der Waals surface area contributed by atoms with Crippen LogP contribution < -0.4 is 15.5 Å². The minimum absolute atomic E-state index is 0.0510. The summed E-state index contributed by atoms with van der Waals surface area (Å²) >= 11 is 0. The lowest BCUT2D eigenvalue weighted by Crippen LogP contribution is -2.26. The van der Waals surface area contributed by atoms with E-state index >= 15 is 0 Å². The van der Waals surface area contributed by atoms with E-state index in [0.717, 1.165) is 17.8 Å². The third-order valence-corrected chi connectivity index (χ3v) is 4.48. The van der Waals surface area contributed by atoms with E-state index < -0.39 is 17.6 Å². The van der Waals surface area contributed by atoms with Gasteiger partial charge in [0, 0.05) is 29.7 Å². The molecule has 0 bridgehead atoms. The van der Waals surface area contributed by atoms with Crippen molar-refractivity contribution >= 4 is 28.9 Å². The highest BCUT2D eigenvalue weighted by Crippen LogP contribution is 2.30. The maximum atomic E-state index is 12.8. The quantitative estimate of drug-likeness (QED) is 0.580. The number of alkyl halides is 3. The third-order valence-electron chi connectivity index (χ3n) is 4.48. The van der Waals surface area contributed by atoms with Crippen LogP contribution >= 0.6 is 0 Å². The number of para-hydroxylation sites is 1. The van der Waals surface area contributed by atoms with Crippen LogP contribution in [0.2, 0.25) is 0 Å². The van der Waals surface area contributed by atoms with Crippen molar-refractivity contribution in [2.75, 3.05) is 29.1 Å². The van der Waals surface area contributed by atoms with Gasteiger partial charge in [-0.25, -0.2) is 0 Å². The summed E-state index contributed by atoms with van der Waals surface area (Å²) in [6, 6.07) is 20.2. The second-order valence-electron chi connectivity index (χ2n) is 6.76. The number of benzene rings is 3. The van der Waals surface area contributed by atoms with Crippen LogP contribution in [0.4, 0.5) is 30.2 Å². The lowest BCUT2D eigenvalue weighted by atomic mass is 10.1. The molecule has 0 aliphatic carbocycles. The maximum Gasteiger partial charge on any atom is 0.416 e. The molecule has 0 unspecified atom stereocenters. The lowest BCUT2D eigenvalue weighted by Gasteiger charge is -2.18. The van der Waals surface area contributed by atoms with Crippen LogP contribution in [-0.2, 0) is 11.0 Å². The number of hydrogen-bond donors (Lipinski definition) is 2. The number of nitrogens with zero attached hydrogens (tertiary/aromatic N) is 1. The molecule has 0 aliphatic rings. The Hall–Kier alpha value is -3.81.